The van der Waals surface area contributed by atoms with Crippen molar-refractivity contribution in [1.82, 2.24) is 14.9 Å². The van der Waals surface area contributed by atoms with Gasteiger partial charge >= 0.3 is 0 Å². The Hall–Kier alpha value is -2.12. The van der Waals surface area contributed by atoms with E-state index in [9.17, 15) is 9.18 Å². The van der Waals surface area contributed by atoms with Gasteiger partial charge in [-0.25, -0.2) is 9.37 Å². The second-order valence-corrected chi connectivity index (χ2v) is 6.98. The number of nitrogens with two attached hydrogens (primary N) is 1. The fourth-order valence-electron chi connectivity index (χ4n) is 2.83. The van der Waals surface area contributed by atoms with E-state index in [2.05, 4.69) is 9.97 Å². The van der Waals surface area contributed by atoms with Crippen molar-refractivity contribution < 1.29 is 9.18 Å². The maximum atomic E-state index is 13.9. The van der Waals surface area contributed by atoms with Gasteiger partial charge in [-0.3, -0.25) is 4.79 Å². The number of amides is 1. The van der Waals surface area contributed by atoms with Gasteiger partial charge < -0.3 is 15.6 Å². The molecule has 0 radical (unpaired) electrons. The van der Waals surface area contributed by atoms with Crippen LogP contribution in [-0.2, 0) is 13.0 Å². The van der Waals surface area contributed by atoms with E-state index in [4.69, 9.17) is 17.3 Å². The fraction of sp³-hybridized carbons (Fsp3) is 0.200. The Morgan fingerprint density at radius 1 is 1.43 bits per heavy atom. The zero-order valence-corrected chi connectivity index (χ0v) is 13.5. The van der Waals surface area contributed by atoms with Gasteiger partial charge in [0.05, 0.1) is 17.8 Å². The number of benzene rings is 1. The highest BCUT2D eigenvalue weighted by Gasteiger charge is 2.25. The number of carbonyl (C=O) groups is 1. The fourth-order valence-corrected chi connectivity index (χ4v) is 3.93. The highest BCUT2D eigenvalue weighted by Crippen LogP contribution is 2.28. The Morgan fingerprint density at radius 3 is 3.09 bits per heavy atom. The summed E-state index contributed by atoms with van der Waals surface area (Å²) >= 11 is 7.25. The molecule has 0 saturated heterocycles. The van der Waals surface area contributed by atoms with Crippen molar-refractivity contribution in [3.05, 3.63) is 45.3 Å². The molecule has 118 valence electrons. The minimum atomic E-state index is -0.445. The van der Waals surface area contributed by atoms with E-state index in [-0.39, 0.29) is 5.91 Å². The predicted octanol–water partition coefficient (Wildman–Crippen LogP) is 3.20. The molecule has 8 heteroatoms. The number of H-pyrrole nitrogens is 1. The molecule has 0 fully saturated rings. The largest absolute Gasteiger partial charge is 0.375 e. The average Bonchev–Trinajstić information content (AvgIpc) is 3.07. The van der Waals surface area contributed by atoms with Gasteiger partial charge in [-0.1, -0.05) is 11.6 Å². The molecule has 1 amide bonds. The van der Waals surface area contributed by atoms with Crippen LogP contribution >= 0.6 is 22.9 Å². The molecule has 0 bridgehead atoms. The molecule has 3 aromatic rings. The van der Waals surface area contributed by atoms with E-state index < -0.39 is 5.82 Å². The summed E-state index contributed by atoms with van der Waals surface area (Å²) < 4.78 is 13.9. The number of fused-ring (bicyclic) bond motifs is 2. The third-order valence-electron chi connectivity index (χ3n) is 3.92. The molecule has 1 aliphatic heterocycles. The number of nitrogens with one attached hydrogen (secondary N) is 1. The van der Waals surface area contributed by atoms with Gasteiger partial charge in [0.2, 0.25) is 0 Å². The first kappa shape index (κ1) is 14.5. The molecule has 2 aromatic heterocycles. The predicted molar refractivity (Wildman–Crippen MR) is 88.2 cm³/mol. The second-order valence-electron chi connectivity index (χ2n) is 5.43. The standard InChI is InChI=1S/C15H12ClFN4OS/c16-7-3-9(17)8-5-12(19-11(8)4-7)14(22)21-2-1-10-13(6-21)23-15(18)20-10/h3-5,19H,1-2,6H2,(H2,18,20). The first-order valence-electron chi connectivity index (χ1n) is 7.02. The normalized spacial score (nSPS) is 14.3. The van der Waals surface area contributed by atoms with Crippen LogP contribution in [0.2, 0.25) is 5.02 Å². The molecule has 0 saturated carbocycles. The lowest BCUT2D eigenvalue weighted by Gasteiger charge is -2.25. The molecule has 0 unspecified atom stereocenters. The Balaban J connectivity index is 1.66. The van der Waals surface area contributed by atoms with E-state index in [1.807, 2.05) is 0 Å². The molecule has 0 atom stereocenters. The molecular weight excluding hydrogens is 339 g/mol. The van der Waals surface area contributed by atoms with Crippen LogP contribution in [-0.4, -0.2) is 27.3 Å². The first-order valence-corrected chi connectivity index (χ1v) is 8.22. The topological polar surface area (TPSA) is 75.0 Å². The van der Waals surface area contributed by atoms with Crippen molar-refractivity contribution in [3.8, 4) is 0 Å². The number of anilines is 1. The zero-order chi connectivity index (χ0) is 16.1. The van der Waals surface area contributed by atoms with E-state index in [1.165, 1.54) is 23.5 Å². The molecule has 0 spiro atoms. The number of aromatic nitrogens is 2. The van der Waals surface area contributed by atoms with Gasteiger partial charge in [0.1, 0.15) is 11.5 Å². The summed E-state index contributed by atoms with van der Waals surface area (Å²) in [5.41, 5.74) is 7.54. The third-order valence-corrected chi connectivity index (χ3v) is 5.05. The average molecular weight is 351 g/mol. The molecular formula is C15H12ClFN4OS. The van der Waals surface area contributed by atoms with Crippen LogP contribution in [0.3, 0.4) is 0 Å². The molecule has 5 nitrogen and oxygen atoms in total. The summed E-state index contributed by atoms with van der Waals surface area (Å²) in [7, 11) is 0. The number of halogens is 2. The molecule has 3 N–H and O–H groups in total. The second kappa shape index (κ2) is 5.21. The van der Waals surface area contributed by atoms with E-state index in [1.54, 1.807) is 11.0 Å². The quantitative estimate of drug-likeness (QED) is 0.707. The molecule has 4 rings (SSSR count). The molecule has 1 aromatic carbocycles. The zero-order valence-electron chi connectivity index (χ0n) is 11.9. The van der Waals surface area contributed by atoms with Crippen LogP contribution in [0.15, 0.2) is 18.2 Å². The van der Waals surface area contributed by atoms with Gasteiger partial charge in [0, 0.05) is 28.3 Å². The van der Waals surface area contributed by atoms with Gasteiger partial charge in [-0.05, 0) is 18.2 Å². The van der Waals surface area contributed by atoms with Crippen LogP contribution in [0.1, 0.15) is 21.1 Å². The summed E-state index contributed by atoms with van der Waals surface area (Å²) in [6.07, 6.45) is 0.676. The minimum absolute atomic E-state index is 0.172. The van der Waals surface area contributed by atoms with Crippen LogP contribution in [0, 0.1) is 5.82 Å². The van der Waals surface area contributed by atoms with E-state index in [0.717, 1.165) is 10.6 Å². The summed E-state index contributed by atoms with van der Waals surface area (Å²) in [5, 5.41) is 1.17. The van der Waals surface area contributed by atoms with Crippen molar-refractivity contribution in [3.63, 3.8) is 0 Å². The maximum Gasteiger partial charge on any atom is 0.270 e. The number of carbonyl (C=O) groups excluding carboxylic acids is 1. The SMILES string of the molecule is Nc1nc2c(s1)CN(C(=O)c1cc3c(F)cc(Cl)cc3[nH]1)CC2. The molecule has 1 aliphatic rings. The lowest BCUT2D eigenvalue weighted by molar-refractivity contribution is 0.0731. The Kier molecular flexibility index (Phi) is 3.28. The van der Waals surface area contributed by atoms with Crippen LogP contribution in [0.4, 0.5) is 9.52 Å². The van der Waals surface area contributed by atoms with Crippen molar-refractivity contribution in [2.24, 2.45) is 0 Å². The van der Waals surface area contributed by atoms with Crippen LogP contribution in [0.25, 0.3) is 10.9 Å². The summed E-state index contributed by atoms with van der Waals surface area (Å²) in [6, 6.07) is 4.37. The van der Waals surface area contributed by atoms with Gasteiger partial charge in [-0.15, -0.1) is 11.3 Å². The summed E-state index contributed by atoms with van der Waals surface area (Å²) in [4.78, 5) is 22.6. The summed E-state index contributed by atoms with van der Waals surface area (Å²) in [5.74, 6) is -0.617. The van der Waals surface area contributed by atoms with Crippen LogP contribution < -0.4 is 5.73 Å². The number of hydrogen-bond acceptors (Lipinski definition) is 4. The Labute approximate surface area is 139 Å². The lowest BCUT2D eigenvalue weighted by Crippen LogP contribution is -2.35. The monoisotopic (exact) mass is 350 g/mol. The van der Waals surface area contributed by atoms with Crippen molar-refractivity contribution in [1.29, 1.82) is 0 Å². The van der Waals surface area contributed by atoms with E-state index in [0.29, 0.717) is 46.3 Å². The third kappa shape index (κ3) is 2.46. The number of hydrogen-bond donors (Lipinski definition) is 2. The maximum absolute atomic E-state index is 13.9. The lowest BCUT2D eigenvalue weighted by atomic mass is 10.1. The Bertz CT molecular complexity index is 935. The van der Waals surface area contributed by atoms with Crippen LogP contribution in [0.5, 0.6) is 0 Å². The van der Waals surface area contributed by atoms with Crippen molar-refractivity contribution >= 4 is 44.9 Å². The van der Waals surface area contributed by atoms with Crippen molar-refractivity contribution in [2.45, 2.75) is 13.0 Å². The Morgan fingerprint density at radius 2 is 2.26 bits per heavy atom. The highest BCUT2D eigenvalue weighted by atomic mass is 35.5. The van der Waals surface area contributed by atoms with Gasteiger partial charge in [0.15, 0.2) is 5.13 Å². The number of nitrogen functional groups attached to an aromatic ring is 1. The van der Waals surface area contributed by atoms with Crippen molar-refractivity contribution in [2.75, 3.05) is 12.3 Å². The van der Waals surface area contributed by atoms with Gasteiger partial charge in [0.25, 0.3) is 5.91 Å². The number of rotatable bonds is 1. The minimum Gasteiger partial charge on any atom is -0.375 e. The number of aromatic amines is 1. The smallest absolute Gasteiger partial charge is 0.270 e. The first-order chi connectivity index (χ1) is 11.0. The summed E-state index contributed by atoms with van der Waals surface area (Å²) in [6.45, 7) is 1.04. The number of thiazole rings is 1. The van der Waals surface area contributed by atoms with Gasteiger partial charge in [-0.2, -0.15) is 0 Å². The molecule has 0 aliphatic carbocycles. The number of nitrogens with zero attached hydrogens (tertiary/aromatic N) is 2. The molecule has 23 heavy (non-hydrogen) atoms. The molecule has 3 heterocycles. The highest BCUT2D eigenvalue weighted by molar-refractivity contribution is 7.15. The van der Waals surface area contributed by atoms with E-state index >= 15 is 0 Å².